The zero-order valence-electron chi connectivity index (χ0n) is 12.8. The smallest absolute Gasteiger partial charge is 0.183 e. The molecule has 116 valence electrons. The molecule has 1 aromatic heterocycles. The summed E-state index contributed by atoms with van der Waals surface area (Å²) in [6, 6.07) is 5.74. The molecule has 1 atom stereocenters. The zero-order valence-corrected chi connectivity index (χ0v) is 13.6. The summed E-state index contributed by atoms with van der Waals surface area (Å²) in [6.07, 6.45) is 1.78. The Labute approximate surface area is 133 Å². The molecule has 22 heavy (non-hydrogen) atoms. The van der Waals surface area contributed by atoms with Crippen molar-refractivity contribution in [3.05, 3.63) is 40.9 Å². The van der Waals surface area contributed by atoms with Crippen LogP contribution in [0.1, 0.15) is 31.1 Å². The maximum atomic E-state index is 10.2. The van der Waals surface area contributed by atoms with Gasteiger partial charge in [0.1, 0.15) is 11.5 Å². The molecule has 1 unspecified atom stereocenters. The summed E-state index contributed by atoms with van der Waals surface area (Å²) in [4.78, 5) is 4.58. The number of benzene rings is 1. The van der Waals surface area contributed by atoms with E-state index in [4.69, 9.17) is 4.74 Å². The normalized spacial score (nSPS) is 16.7. The van der Waals surface area contributed by atoms with E-state index >= 15 is 0 Å². The van der Waals surface area contributed by atoms with Crippen molar-refractivity contribution in [1.82, 2.24) is 4.98 Å². The summed E-state index contributed by atoms with van der Waals surface area (Å²) in [5, 5.41) is 19.8. The van der Waals surface area contributed by atoms with E-state index in [9.17, 15) is 5.11 Å². The van der Waals surface area contributed by atoms with Crippen molar-refractivity contribution < 1.29 is 9.84 Å². The number of rotatable bonds is 4. The fourth-order valence-electron chi connectivity index (χ4n) is 2.35. The van der Waals surface area contributed by atoms with E-state index in [0.717, 1.165) is 27.8 Å². The van der Waals surface area contributed by atoms with Crippen LogP contribution < -0.4 is 15.4 Å². The number of nitrogens with zero attached hydrogens (tertiary/aromatic N) is 1. The van der Waals surface area contributed by atoms with E-state index in [1.54, 1.807) is 24.5 Å². The van der Waals surface area contributed by atoms with Crippen LogP contribution in [0, 0.1) is 0 Å². The lowest BCUT2D eigenvalue weighted by molar-refractivity contribution is 0.414. The number of aliphatic hydroxyl groups is 1. The van der Waals surface area contributed by atoms with Gasteiger partial charge in [0.2, 0.25) is 0 Å². The molecule has 0 spiro atoms. The van der Waals surface area contributed by atoms with Crippen LogP contribution in [0.15, 0.2) is 29.7 Å². The van der Waals surface area contributed by atoms with Crippen molar-refractivity contribution in [3.63, 3.8) is 0 Å². The largest absolute Gasteiger partial charge is 0.507 e. The van der Waals surface area contributed by atoms with Gasteiger partial charge in [-0.3, -0.25) is 0 Å². The van der Waals surface area contributed by atoms with E-state index < -0.39 is 0 Å². The molecule has 0 radical (unpaired) electrons. The number of thiazole rings is 1. The second kappa shape index (κ2) is 5.88. The molecule has 2 aromatic rings. The van der Waals surface area contributed by atoms with E-state index in [1.165, 1.54) is 0 Å². The number of ether oxygens (including phenoxy) is 1. The Balaban J connectivity index is 1.87. The average molecular weight is 317 g/mol. The minimum atomic E-state index is -0.154. The minimum Gasteiger partial charge on any atom is -0.507 e. The van der Waals surface area contributed by atoms with Crippen LogP contribution in [-0.4, -0.2) is 23.2 Å². The highest BCUT2D eigenvalue weighted by Gasteiger charge is 2.22. The summed E-state index contributed by atoms with van der Waals surface area (Å²) in [5.74, 6) is 1.01. The topological polar surface area (TPSA) is 66.4 Å². The zero-order chi connectivity index (χ0) is 15.7. The first-order chi connectivity index (χ1) is 10.6. The number of anilines is 2. The second-order valence-corrected chi connectivity index (χ2v) is 6.32. The number of fused-ring (bicyclic) bond motifs is 1. The number of hydrogen-bond acceptors (Lipinski definition) is 6. The molecule has 1 aromatic carbocycles. The second-order valence-electron chi connectivity index (χ2n) is 5.46. The van der Waals surface area contributed by atoms with Gasteiger partial charge in [-0.1, -0.05) is 0 Å². The Morgan fingerprint density at radius 2 is 2.23 bits per heavy atom. The van der Waals surface area contributed by atoms with Crippen LogP contribution in [0.4, 0.5) is 10.8 Å². The highest BCUT2D eigenvalue weighted by molar-refractivity contribution is 7.13. The molecule has 0 fully saturated rings. The van der Waals surface area contributed by atoms with Crippen LogP contribution in [0.2, 0.25) is 0 Å². The first-order valence-electron chi connectivity index (χ1n) is 7.14. The number of methoxy groups -OCH3 is 1. The third-order valence-corrected chi connectivity index (χ3v) is 4.18. The number of aliphatic hydroxyl groups excluding tert-OH is 1. The summed E-state index contributed by atoms with van der Waals surface area (Å²) in [7, 11) is 1.63. The van der Waals surface area contributed by atoms with Crippen LogP contribution in [0.25, 0.3) is 5.76 Å². The Kier molecular flexibility index (Phi) is 3.94. The molecule has 3 N–H and O–H groups in total. The standard InChI is InChI=1S/C16H19N3O2S/c1-9(2)17-16-19-14(8-22-16)13-7-15(20)11-5-4-10(21-3)6-12(11)18-13/h4-9,13,18,20H,1-3H3,(H,17,19). The Morgan fingerprint density at radius 3 is 2.95 bits per heavy atom. The third-order valence-electron chi connectivity index (χ3n) is 3.39. The van der Waals surface area contributed by atoms with Crippen molar-refractivity contribution in [2.24, 2.45) is 0 Å². The predicted octanol–water partition coefficient (Wildman–Crippen LogP) is 4.04. The van der Waals surface area contributed by atoms with Gasteiger partial charge in [0, 0.05) is 28.7 Å². The molecular weight excluding hydrogens is 298 g/mol. The molecule has 1 aliphatic heterocycles. The van der Waals surface area contributed by atoms with Crippen LogP contribution in [-0.2, 0) is 0 Å². The molecule has 1 aliphatic rings. The number of aromatic nitrogens is 1. The molecule has 5 nitrogen and oxygen atoms in total. The molecule has 0 bridgehead atoms. The monoisotopic (exact) mass is 317 g/mol. The predicted molar refractivity (Wildman–Crippen MR) is 90.8 cm³/mol. The average Bonchev–Trinajstić information content (AvgIpc) is 2.94. The van der Waals surface area contributed by atoms with Gasteiger partial charge in [0.05, 0.1) is 18.8 Å². The maximum Gasteiger partial charge on any atom is 0.183 e. The summed E-state index contributed by atoms with van der Waals surface area (Å²) in [5.41, 5.74) is 2.50. The lowest BCUT2D eigenvalue weighted by Gasteiger charge is -2.23. The van der Waals surface area contributed by atoms with Gasteiger partial charge in [0.15, 0.2) is 5.13 Å². The SMILES string of the molecule is COc1ccc2c(c1)NC(c1csc(NC(C)C)n1)C=C2O. The first kappa shape index (κ1) is 14.7. The van der Waals surface area contributed by atoms with Crippen molar-refractivity contribution in [1.29, 1.82) is 0 Å². The lowest BCUT2D eigenvalue weighted by atomic mass is 10.0. The fourth-order valence-corrected chi connectivity index (χ4v) is 3.25. The summed E-state index contributed by atoms with van der Waals surface area (Å²) < 4.78 is 5.24. The van der Waals surface area contributed by atoms with Gasteiger partial charge in [-0.05, 0) is 32.1 Å². The van der Waals surface area contributed by atoms with Gasteiger partial charge < -0.3 is 20.5 Å². The number of hydrogen-bond donors (Lipinski definition) is 3. The fraction of sp³-hybridized carbons (Fsp3) is 0.312. The van der Waals surface area contributed by atoms with E-state index in [2.05, 4.69) is 29.5 Å². The molecule has 6 heteroatoms. The summed E-state index contributed by atoms with van der Waals surface area (Å²) >= 11 is 1.56. The van der Waals surface area contributed by atoms with Gasteiger partial charge in [-0.15, -0.1) is 11.3 Å². The van der Waals surface area contributed by atoms with Crippen molar-refractivity contribution in [3.8, 4) is 5.75 Å². The van der Waals surface area contributed by atoms with Crippen molar-refractivity contribution in [2.45, 2.75) is 25.9 Å². The maximum absolute atomic E-state index is 10.2. The van der Waals surface area contributed by atoms with E-state index in [0.29, 0.717) is 6.04 Å². The van der Waals surface area contributed by atoms with Crippen molar-refractivity contribution >= 4 is 27.9 Å². The third kappa shape index (κ3) is 2.87. The van der Waals surface area contributed by atoms with Gasteiger partial charge in [-0.25, -0.2) is 4.98 Å². The quantitative estimate of drug-likeness (QED) is 0.794. The number of nitrogens with one attached hydrogen (secondary N) is 2. The van der Waals surface area contributed by atoms with E-state index in [-0.39, 0.29) is 11.8 Å². The van der Waals surface area contributed by atoms with E-state index in [1.807, 2.05) is 23.6 Å². The lowest BCUT2D eigenvalue weighted by Crippen LogP contribution is -2.15. The van der Waals surface area contributed by atoms with Gasteiger partial charge in [0.25, 0.3) is 0 Å². The molecule has 0 saturated carbocycles. The van der Waals surface area contributed by atoms with Crippen LogP contribution >= 0.6 is 11.3 Å². The molecular formula is C16H19N3O2S. The van der Waals surface area contributed by atoms with Crippen LogP contribution in [0.5, 0.6) is 5.75 Å². The minimum absolute atomic E-state index is 0.154. The Morgan fingerprint density at radius 1 is 1.41 bits per heavy atom. The molecule has 0 aliphatic carbocycles. The first-order valence-corrected chi connectivity index (χ1v) is 8.02. The van der Waals surface area contributed by atoms with Gasteiger partial charge in [-0.2, -0.15) is 0 Å². The van der Waals surface area contributed by atoms with Gasteiger partial charge >= 0.3 is 0 Å². The molecule has 3 rings (SSSR count). The highest BCUT2D eigenvalue weighted by Crippen LogP contribution is 2.36. The summed E-state index contributed by atoms with van der Waals surface area (Å²) in [6.45, 7) is 4.16. The molecule has 2 heterocycles. The molecule has 0 saturated heterocycles. The molecule has 0 amide bonds. The Bertz CT molecular complexity index is 709. The highest BCUT2D eigenvalue weighted by atomic mass is 32.1. The van der Waals surface area contributed by atoms with Crippen molar-refractivity contribution in [2.75, 3.05) is 17.7 Å². The van der Waals surface area contributed by atoms with Crippen LogP contribution in [0.3, 0.4) is 0 Å². The Hall–Kier alpha value is -2.21.